The van der Waals surface area contributed by atoms with Gasteiger partial charge in [0.2, 0.25) is 0 Å². The van der Waals surface area contributed by atoms with Crippen LogP contribution >= 0.6 is 0 Å². The molecule has 1 saturated heterocycles. The molecule has 1 aromatic carbocycles. The summed E-state index contributed by atoms with van der Waals surface area (Å²) in [4.78, 5) is 0. The van der Waals surface area contributed by atoms with Gasteiger partial charge in [-0.05, 0) is 43.6 Å². The van der Waals surface area contributed by atoms with E-state index in [2.05, 4.69) is 5.32 Å². The summed E-state index contributed by atoms with van der Waals surface area (Å²) in [5.41, 5.74) is 0.162. The Balaban J connectivity index is 1.86. The topological polar surface area (TPSA) is 21.3 Å². The first-order valence-corrected chi connectivity index (χ1v) is 6.04. The Hall–Kier alpha value is -1.07. The van der Waals surface area contributed by atoms with Crippen LogP contribution in [0.15, 0.2) is 24.3 Å². The fourth-order valence-electron chi connectivity index (χ4n) is 1.97. The van der Waals surface area contributed by atoms with Crippen LogP contribution < -0.4 is 5.32 Å². The van der Waals surface area contributed by atoms with Crippen molar-refractivity contribution in [3.05, 3.63) is 35.4 Å². The molecule has 1 N–H and O–H groups in total. The second-order valence-corrected chi connectivity index (χ2v) is 4.46. The number of piperidine rings is 1. The lowest BCUT2D eigenvalue weighted by molar-refractivity contribution is -0.137. The number of nitrogens with one attached hydrogen (secondary N) is 1. The van der Waals surface area contributed by atoms with Gasteiger partial charge in [-0.3, -0.25) is 0 Å². The number of hydrogen-bond acceptors (Lipinski definition) is 2. The van der Waals surface area contributed by atoms with E-state index in [4.69, 9.17) is 4.74 Å². The summed E-state index contributed by atoms with van der Waals surface area (Å²) in [6.45, 7) is 2.26. The van der Waals surface area contributed by atoms with Crippen LogP contribution in [0.25, 0.3) is 0 Å². The van der Waals surface area contributed by atoms with Crippen molar-refractivity contribution in [3.8, 4) is 0 Å². The van der Waals surface area contributed by atoms with Gasteiger partial charge in [-0.1, -0.05) is 12.1 Å². The molecule has 0 spiro atoms. The largest absolute Gasteiger partial charge is 0.416 e. The molecule has 0 unspecified atom stereocenters. The lowest BCUT2D eigenvalue weighted by Crippen LogP contribution is -2.32. The molecule has 1 aromatic rings. The highest BCUT2D eigenvalue weighted by atomic mass is 19.4. The maximum absolute atomic E-state index is 12.4. The van der Waals surface area contributed by atoms with Gasteiger partial charge >= 0.3 is 6.18 Å². The number of hydrogen-bond donors (Lipinski definition) is 1. The lowest BCUT2D eigenvalue weighted by Gasteiger charge is -2.23. The highest BCUT2D eigenvalue weighted by Gasteiger charge is 2.29. The van der Waals surface area contributed by atoms with Crippen molar-refractivity contribution in [1.29, 1.82) is 0 Å². The summed E-state index contributed by atoms with van der Waals surface area (Å²) in [7, 11) is 0. The standard InChI is InChI=1S/C13H16F3NO/c14-13(15,16)11-3-1-10(2-4-11)9-18-12-5-7-17-8-6-12/h1-4,12,17H,5-9H2. The minimum Gasteiger partial charge on any atom is -0.373 e. The number of ether oxygens (including phenoxy) is 1. The fourth-order valence-corrected chi connectivity index (χ4v) is 1.97. The summed E-state index contributed by atoms with van der Waals surface area (Å²) < 4.78 is 42.7. The molecule has 0 saturated carbocycles. The van der Waals surface area contributed by atoms with E-state index >= 15 is 0 Å². The van der Waals surface area contributed by atoms with E-state index in [1.54, 1.807) is 0 Å². The maximum Gasteiger partial charge on any atom is 0.416 e. The summed E-state index contributed by atoms with van der Waals surface area (Å²) in [6.07, 6.45) is -2.14. The van der Waals surface area contributed by atoms with Crippen molar-refractivity contribution in [2.24, 2.45) is 0 Å². The first-order valence-electron chi connectivity index (χ1n) is 6.04. The number of rotatable bonds is 3. The highest BCUT2D eigenvalue weighted by molar-refractivity contribution is 5.24. The molecule has 1 aliphatic heterocycles. The Labute approximate surface area is 104 Å². The first-order chi connectivity index (χ1) is 8.55. The number of alkyl halides is 3. The molecular formula is C13H16F3NO. The molecule has 0 amide bonds. The van der Waals surface area contributed by atoms with E-state index in [0.29, 0.717) is 6.61 Å². The van der Waals surface area contributed by atoms with Crippen LogP contribution in [0.2, 0.25) is 0 Å². The lowest BCUT2D eigenvalue weighted by atomic mass is 10.1. The van der Waals surface area contributed by atoms with Crippen molar-refractivity contribution in [2.45, 2.75) is 31.7 Å². The first kappa shape index (κ1) is 13.4. The summed E-state index contributed by atoms with van der Waals surface area (Å²) >= 11 is 0. The molecule has 1 aliphatic rings. The van der Waals surface area contributed by atoms with E-state index in [1.807, 2.05) is 0 Å². The molecule has 0 aromatic heterocycles. The predicted molar refractivity (Wildman–Crippen MR) is 62.1 cm³/mol. The monoisotopic (exact) mass is 259 g/mol. The van der Waals surface area contributed by atoms with Gasteiger partial charge in [-0.2, -0.15) is 13.2 Å². The minimum absolute atomic E-state index is 0.216. The van der Waals surface area contributed by atoms with Crippen LogP contribution in [0.5, 0.6) is 0 Å². The van der Waals surface area contributed by atoms with Crippen molar-refractivity contribution in [1.82, 2.24) is 5.32 Å². The Morgan fingerprint density at radius 1 is 1.11 bits per heavy atom. The quantitative estimate of drug-likeness (QED) is 0.901. The second-order valence-electron chi connectivity index (χ2n) is 4.46. The van der Waals surface area contributed by atoms with Crippen molar-refractivity contribution < 1.29 is 17.9 Å². The number of halogens is 3. The zero-order chi connectivity index (χ0) is 13.0. The van der Waals surface area contributed by atoms with Gasteiger partial charge in [0.05, 0.1) is 18.3 Å². The third kappa shape index (κ3) is 3.71. The van der Waals surface area contributed by atoms with Crippen LogP contribution in [-0.4, -0.2) is 19.2 Å². The third-order valence-electron chi connectivity index (χ3n) is 3.05. The van der Waals surface area contributed by atoms with Crippen molar-refractivity contribution >= 4 is 0 Å². The predicted octanol–water partition coefficient (Wildman–Crippen LogP) is 2.97. The molecule has 0 radical (unpaired) electrons. The molecule has 1 heterocycles. The smallest absolute Gasteiger partial charge is 0.373 e. The van der Waals surface area contributed by atoms with E-state index in [1.165, 1.54) is 12.1 Å². The van der Waals surface area contributed by atoms with Gasteiger partial charge in [0.15, 0.2) is 0 Å². The number of benzene rings is 1. The van der Waals surface area contributed by atoms with Crippen LogP contribution in [0.4, 0.5) is 13.2 Å². The van der Waals surface area contributed by atoms with Crippen molar-refractivity contribution in [3.63, 3.8) is 0 Å². The molecular weight excluding hydrogens is 243 g/mol. The molecule has 0 aliphatic carbocycles. The second kappa shape index (κ2) is 5.71. The minimum atomic E-state index is -4.27. The van der Waals surface area contributed by atoms with Crippen LogP contribution in [-0.2, 0) is 17.5 Å². The fraction of sp³-hybridized carbons (Fsp3) is 0.538. The van der Waals surface area contributed by atoms with Crippen LogP contribution in [0.1, 0.15) is 24.0 Å². The molecule has 0 bridgehead atoms. The Morgan fingerprint density at radius 3 is 2.28 bits per heavy atom. The average molecular weight is 259 g/mol. The summed E-state index contributed by atoms with van der Waals surface area (Å²) in [5, 5.41) is 3.23. The third-order valence-corrected chi connectivity index (χ3v) is 3.05. The van der Waals surface area contributed by atoms with Gasteiger partial charge in [0, 0.05) is 0 Å². The Bertz CT molecular complexity index is 369. The molecule has 18 heavy (non-hydrogen) atoms. The van der Waals surface area contributed by atoms with E-state index in [0.717, 1.165) is 43.6 Å². The van der Waals surface area contributed by atoms with Gasteiger partial charge in [-0.15, -0.1) is 0 Å². The average Bonchev–Trinajstić information content (AvgIpc) is 2.37. The highest BCUT2D eigenvalue weighted by Crippen LogP contribution is 2.29. The Morgan fingerprint density at radius 2 is 1.72 bits per heavy atom. The van der Waals surface area contributed by atoms with E-state index in [9.17, 15) is 13.2 Å². The van der Waals surface area contributed by atoms with Crippen LogP contribution in [0.3, 0.4) is 0 Å². The molecule has 5 heteroatoms. The zero-order valence-corrected chi connectivity index (χ0v) is 9.96. The van der Waals surface area contributed by atoms with E-state index in [-0.39, 0.29) is 6.10 Å². The molecule has 1 fully saturated rings. The van der Waals surface area contributed by atoms with E-state index < -0.39 is 11.7 Å². The molecule has 0 atom stereocenters. The van der Waals surface area contributed by atoms with Crippen LogP contribution in [0, 0.1) is 0 Å². The zero-order valence-electron chi connectivity index (χ0n) is 9.96. The van der Waals surface area contributed by atoms with Gasteiger partial charge in [0.1, 0.15) is 0 Å². The van der Waals surface area contributed by atoms with Gasteiger partial charge in [-0.25, -0.2) is 0 Å². The SMILES string of the molecule is FC(F)(F)c1ccc(COC2CCNCC2)cc1. The molecule has 2 nitrogen and oxygen atoms in total. The summed E-state index contributed by atoms with van der Waals surface area (Å²) in [5.74, 6) is 0. The molecule has 2 rings (SSSR count). The van der Waals surface area contributed by atoms with Gasteiger partial charge in [0.25, 0.3) is 0 Å². The Kier molecular flexibility index (Phi) is 4.24. The summed E-state index contributed by atoms with van der Waals surface area (Å²) in [6, 6.07) is 5.15. The maximum atomic E-state index is 12.4. The normalized spacial score (nSPS) is 17.9. The van der Waals surface area contributed by atoms with Crippen molar-refractivity contribution in [2.75, 3.05) is 13.1 Å². The molecule has 100 valence electrons. The van der Waals surface area contributed by atoms with Gasteiger partial charge < -0.3 is 10.1 Å².